The molecule has 1 heterocycles. The number of rotatable bonds is 2. The summed E-state index contributed by atoms with van der Waals surface area (Å²) in [6.45, 7) is 1.39. The van der Waals surface area contributed by atoms with Crippen molar-refractivity contribution in [2.45, 2.75) is 6.42 Å². The minimum absolute atomic E-state index is 0.466. The van der Waals surface area contributed by atoms with Crippen molar-refractivity contribution < 1.29 is 4.79 Å². The molecule has 1 aliphatic heterocycles. The number of hydrogen-bond acceptors (Lipinski definition) is 2. The highest BCUT2D eigenvalue weighted by Crippen LogP contribution is 2.29. The largest absolute Gasteiger partial charge is 0.364 e. The fraction of sp³-hybridized carbons (Fsp3) is 0.300. The van der Waals surface area contributed by atoms with Crippen molar-refractivity contribution in [3.8, 4) is 0 Å². The molecule has 68 valence electrons. The van der Waals surface area contributed by atoms with Crippen LogP contribution in [0.4, 0.5) is 5.69 Å². The predicted molar refractivity (Wildman–Crippen MR) is 53.4 cm³/mol. The van der Waals surface area contributed by atoms with Crippen molar-refractivity contribution in [3.63, 3.8) is 0 Å². The molecule has 13 heavy (non-hydrogen) atoms. The van der Waals surface area contributed by atoms with E-state index in [2.05, 4.69) is 0 Å². The minimum Gasteiger partial charge on any atom is -0.364 e. The monoisotopic (exact) mass is 195 g/mol. The molecule has 2 rings (SSSR count). The van der Waals surface area contributed by atoms with E-state index < -0.39 is 0 Å². The molecule has 0 saturated carbocycles. The van der Waals surface area contributed by atoms with Crippen molar-refractivity contribution in [2.75, 3.05) is 18.0 Å². The first-order valence-corrected chi connectivity index (χ1v) is 4.66. The number of nitrogens with zero attached hydrogens (tertiary/aromatic N) is 1. The molecule has 0 N–H and O–H groups in total. The molecule has 0 amide bonds. The van der Waals surface area contributed by atoms with Crippen LogP contribution in [-0.4, -0.2) is 19.4 Å². The van der Waals surface area contributed by atoms with E-state index in [1.165, 1.54) is 5.56 Å². The molecule has 1 aliphatic rings. The lowest BCUT2D eigenvalue weighted by atomic mass is 10.2. The van der Waals surface area contributed by atoms with Gasteiger partial charge in [-0.05, 0) is 24.1 Å². The number of halogens is 1. The van der Waals surface area contributed by atoms with Crippen molar-refractivity contribution >= 4 is 23.6 Å². The Bertz CT molecular complexity index is 338. The molecule has 0 radical (unpaired) electrons. The topological polar surface area (TPSA) is 20.3 Å². The van der Waals surface area contributed by atoms with Gasteiger partial charge >= 0.3 is 0 Å². The van der Waals surface area contributed by atoms with Gasteiger partial charge in [-0.3, -0.25) is 0 Å². The van der Waals surface area contributed by atoms with E-state index in [-0.39, 0.29) is 0 Å². The summed E-state index contributed by atoms with van der Waals surface area (Å²) in [7, 11) is 0. The zero-order chi connectivity index (χ0) is 9.26. The molecular weight excluding hydrogens is 186 g/mol. The van der Waals surface area contributed by atoms with Gasteiger partial charge in [0.05, 0.1) is 6.54 Å². The lowest BCUT2D eigenvalue weighted by Crippen LogP contribution is -2.22. The molecule has 2 nitrogen and oxygen atoms in total. The number of hydrogen-bond donors (Lipinski definition) is 0. The van der Waals surface area contributed by atoms with E-state index in [1.54, 1.807) is 0 Å². The summed E-state index contributed by atoms with van der Waals surface area (Å²) in [6.07, 6.45) is 1.94. The molecule has 0 bridgehead atoms. The molecule has 0 fully saturated rings. The lowest BCUT2D eigenvalue weighted by molar-refractivity contribution is -0.106. The zero-order valence-electron chi connectivity index (χ0n) is 7.16. The molecule has 0 unspecified atom stereocenters. The number of fused-ring (bicyclic) bond motifs is 1. The maximum absolute atomic E-state index is 10.4. The van der Waals surface area contributed by atoms with Crippen LogP contribution in [0, 0.1) is 0 Å². The van der Waals surface area contributed by atoms with Gasteiger partial charge in [-0.25, -0.2) is 0 Å². The quantitative estimate of drug-likeness (QED) is 0.672. The highest BCUT2D eigenvalue weighted by molar-refractivity contribution is 6.30. The first-order chi connectivity index (χ1) is 6.31. The summed E-state index contributed by atoms with van der Waals surface area (Å²) in [4.78, 5) is 12.4. The number of carbonyl (C=O) groups excluding carboxylic acids is 1. The van der Waals surface area contributed by atoms with Crippen LogP contribution in [0.5, 0.6) is 0 Å². The molecule has 1 aromatic carbocycles. The minimum atomic E-state index is 0.466. The average molecular weight is 196 g/mol. The van der Waals surface area contributed by atoms with E-state index in [4.69, 9.17) is 11.6 Å². The Hall–Kier alpha value is -1.02. The van der Waals surface area contributed by atoms with E-state index in [0.717, 1.165) is 30.0 Å². The maximum Gasteiger partial charge on any atom is 0.139 e. The summed E-state index contributed by atoms with van der Waals surface area (Å²) in [6, 6.07) is 5.85. The Labute approximate surface area is 82.1 Å². The average Bonchev–Trinajstić information content (AvgIpc) is 2.49. The van der Waals surface area contributed by atoms with Crippen LogP contribution >= 0.6 is 11.6 Å². The Morgan fingerprint density at radius 1 is 1.54 bits per heavy atom. The van der Waals surface area contributed by atoms with Crippen LogP contribution in [0.25, 0.3) is 0 Å². The van der Waals surface area contributed by atoms with Crippen LogP contribution in [0.1, 0.15) is 5.56 Å². The first kappa shape index (κ1) is 8.57. The highest BCUT2D eigenvalue weighted by atomic mass is 35.5. The highest BCUT2D eigenvalue weighted by Gasteiger charge is 2.17. The lowest BCUT2D eigenvalue weighted by Gasteiger charge is -2.15. The number of benzene rings is 1. The van der Waals surface area contributed by atoms with Gasteiger partial charge in [-0.15, -0.1) is 0 Å². The second-order valence-corrected chi connectivity index (χ2v) is 3.57. The molecular formula is C10H10ClNO. The number of anilines is 1. The molecule has 3 heteroatoms. The summed E-state index contributed by atoms with van der Waals surface area (Å²) >= 11 is 5.87. The van der Waals surface area contributed by atoms with Gasteiger partial charge in [0.2, 0.25) is 0 Å². The SMILES string of the molecule is O=CCN1CCc2ccc(Cl)cc21. The second kappa shape index (κ2) is 3.38. The first-order valence-electron chi connectivity index (χ1n) is 4.28. The molecule has 0 atom stereocenters. The van der Waals surface area contributed by atoms with Crippen molar-refractivity contribution in [2.24, 2.45) is 0 Å². The Morgan fingerprint density at radius 2 is 2.38 bits per heavy atom. The third-order valence-electron chi connectivity index (χ3n) is 2.33. The fourth-order valence-corrected chi connectivity index (χ4v) is 1.86. The van der Waals surface area contributed by atoms with E-state index in [0.29, 0.717) is 6.54 Å². The summed E-state index contributed by atoms with van der Waals surface area (Å²) in [5.41, 5.74) is 2.39. The van der Waals surface area contributed by atoms with Crippen LogP contribution in [-0.2, 0) is 11.2 Å². The van der Waals surface area contributed by atoms with Gasteiger partial charge in [-0.1, -0.05) is 17.7 Å². The predicted octanol–water partition coefficient (Wildman–Crippen LogP) is 1.90. The summed E-state index contributed by atoms with van der Waals surface area (Å²) in [5, 5.41) is 0.733. The van der Waals surface area contributed by atoms with Crippen LogP contribution in [0.15, 0.2) is 18.2 Å². The molecule has 0 spiro atoms. The normalized spacial score (nSPS) is 14.4. The third kappa shape index (κ3) is 1.54. The van der Waals surface area contributed by atoms with Gasteiger partial charge < -0.3 is 9.69 Å². The molecule has 1 aromatic rings. The number of carbonyl (C=O) groups is 1. The third-order valence-corrected chi connectivity index (χ3v) is 2.57. The molecule has 0 aliphatic carbocycles. The van der Waals surface area contributed by atoms with Crippen LogP contribution < -0.4 is 4.90 Å². The fourth-order valence-electron chi connectivity index (χ4n) is 1.70. The van der Waals surface area contributed by atoms with Gasteiger partial charge in [0.1, 0.15) is 6.29 Å². The second-order valence-electron chi connectivity index (χ2n) is 3.14. The van der Waals surface area contributed by atoms with Gasteiger partial charge in [0.15, 0.2) is 0 Å². The van der Waals surface area contributed by atoms with Gasteiger partial charge in [0, 0.05) is 17.3 Å². The van der Waals surface area contributed by atoms with Crippen molar-refractivity contribution in [3.05, 3.63) is 28.8 Å². The van der Waals surface area contributed by atoms with Crippen LogP contribution in [0.3, 0.4) is 0 Å². The van der Waals surface area contributed by atoms with Gasteiger partial charge in [-0.2, -0.15) is 0 Å². The maximum atomic E-state index is 10.4. The van der Waals surface area contributed by atoms with Crippen molar-refractivity contribution in [1.82, 2.24) is 0 Å². The summed E-state index contributed by atoms with van der Waals surface area (Å²) in [5.74, 6) is 0. The molecule has 0 aromatic heterocycles. The smallest absolute Gasteiger partial charge is 0.139 e. The summed E-state index contributed by atoms with van der Waals surface area (Å²) < 4.78 is 0. The zero-order valence-corrected chi connectivity index (χ0v) is 7.92. The number of aldehydes is 1. The van der Waals surface area contributed by atoms with E-state index in [9.17, 15) is 4.79 Å². The van der Waals surface area contributed by atoms with Crippen LogP contribution in [0.2, 0.25) is 5.02 Å². The Kier molecular flexibility index (Phi) is 2.23. The van der Waals surface area contributed by atoms with Crippen molar-refractivity contribution in [1.29, 1.82) is 0 Å². The van der Waals surface area contributed by atoms with Gasteiger partial charge in [0.25, 0.3) is 0 Å². The van der Waals surface area contributed by atoms with E-state index >= 15 is 0 Å². The van der Waals surface area contributed by atoms with E-state index in [1.807, 2.05) is 23.1 Å². The Balaban J connectivity index is 2.34. The molecule has 0 saturated heterocycles. The Morgan fingerprint density at radius 3 is 3.15 bits per heavy atom. The standard InChI is InChI=1S/C10H10ClNO/c11-9-2-1-8-3-4-12(5-6-13)10(8)7-9/h1-2,6-7H,3-5H2.